The van der Waals surface area contributed by atoms with Gasteiger partial charge < -0.3 is 10.1 Å². The second kappa shape index (κ2) is 5.16. The third-order valence-electron chi connectivity index (χ3n) is 5.34. The highest BCUT2D eigenvalue weighted by Crippen LogP contribution is 2.51. The van der Waals surface area contributed by atoms with Gasteiger partial charge in [-0.25, -0.2) is 0 Å². The average molecular weight is 273 g/mol. The van der Waals surface area contributed by atoms with Gasteiger partial charge in [-0.15, -0.1) is 0 Å². The summed E-state index contributed by atoms with van der Waals surface area (Å²) in [6.45, 7) is 10.1. The topological polar surface area (TPSA) is 21.3 Å². The Morgan fingerprint density at radius 3 is 2.65 bits per heavy atom. The first-order valence-electron chi connectivity index (χ1n) is 7.94. The first-order valence-corrected chi connectivity index (χ1v) is 7.94. The number of ether oxygens (including phenoxy) is 1. The molecule has 0 radical (unpaired) electrons. The minimum atomic E-state index is 0.254. The van der Waals surface area contributed by atoms with Crippen molar-refractivity contribution in [2.45, 2.75) is 58.7 Å². The maximum atomic E-state index is 5.99. The van der Waals surface area contributed by atoms with E-state index in [4.69, 9.17) is 4.74 Å². The van der Waals surface area contributed by atoms with Gasteiger partial charge in [-0.05, 0) is 32.3 Å². The molecule has 1 aliphatic carbocycles. The van der Waals surface area contributed by atoms with E-state index in [1.165, 1.54) is 24.0 Å². The van der Waals surface area contributed by atoms with Crippen LogP contribution in [0.5, 0.6) is 0 Å². The van der Waals surface area contributed by atoms with E-state index in [2.05, 4.69) is 57.3 Å². The van der Waals surface area contributed by atoms with Crippen molar-refractivity contribution in [2.24, 2.45) is 11.3 Å². The predicted octanol–water partition coefficient (Wildman–Crippen LogP) is 3.85. The molecule has 2 fully saturated rings. The van der Waals surface area contributed by atoms with Gasteiger partial charge in [0.15, 0.2) is 0 Å². The lowest BCUT2D eigenvalue weighted by molar-refractivity contribution is -0.194. The number of benzene rings is 1. The van der Waals surface area contributed by atoms with Crippen LogP contribution in [0.3, 0.4) is 0 Å². The SMILES string of the molecule is Cc1ccc([C@@H](C)NC2C3CCCOC3C2(C)C)cc1. The molecule has 4 atom stereocenters. The van der Waals surface area contributed by atoms with E-state index in [1.807, 2.05) is 0 Å². The third-order valence-corrected chi connectivity index (χ3v) is 5.34. The Balaban J connectivity index is 1.69. The van der Waals surface area contributed by atoms with E-state index >= 15 is 0 Å². The van der Waals surface area contributed by atoms with E-state index in [0.29, 0.717) is 24.1 Å². The smallest absolute Gasteiger partial charge is 0.0684 e. The van der Waals surface area contributed by atoms with E-state index in [-0.39, 0.29) is 5.41 Å². The predicted molar refractivity (Wildman–Crippen MR) is 82.8 cm³/mol. The van der Waals surface area contributed by atoms with Crippen molar-refractivity contribution in [3.63, 3.8) is 0 Å². The summed E-state index contributed by atoms with van der Waals surface area (Å²) in [5.41, 5.74) is 2.96. The van der Waals surface area contributed by atoms with Crippen molar-refractivity contribution < 1.29 is 4.74 Å². The lowest BCUT2D eigenvalue weighted by atomic mass is 9.55. The molecule has 1 saturated heterocycles. The summed E-state index contributed by atoms with van der Waals surface area (Å²) in [6, 6.07) is 9.87. The molecule has 1 aromatic rings. The quantitative estimate of drug-likeness (QED) is 0.903. The van der Waals surface area contributed by atoms with Gasteiger partial charge in [0.2, 0.25) is 0 Å². The van der Waals surface area contributed by atoms with Crippen LogP contribution < -0.4 is 5.32 Å². The van der Waals surface area contributed by atoms with E-state index in [9.17, 15) is 0 Å². The van der Waals surface area contributed by atoms with Crippen LogP contribution in [0.1, 0.15) is 50.8 Å². The molecule has 1 N–H and O–H groups in total. The summed E-state index contributed by atoms with van der Waals surface area (Å²) in [5.74, 6) is 0.701. The fourth-order valence-corrected chi connectivity index (χ4v) is 4.08. The second-order valence-corrected chi connectivity index (χ2v) is 7.20. The minimum absolute atomic E-state index is 0.254. The fraction of sp³-hybridized carbons (Fsp3) is 0.667. The standard InChI is InChI=1S/C18H27NO/c1-12-7-9-14(10-8-12)13(2)19-16-15-6-5-11-20-17(15)18(16,3)4/h7-10,13,15-17,19H,5-6,11H2,1-4H3/t13-,15?,16?,17?/m1/s1. The molecule has 1 heterocycles. The third kappa shape index (κ3) is 2.29. The molecule has 2 aliphatic rings. The molecule has 3 rings (SSSR count). The summed E-state index contributed by atoms with van der Waals surface area (Å²) in [4.78, 5) is 0. The molecular weight excluding hydrogens is 246 g/mol. The van der Waals surface area contributed by atoms with Crippen molar-refractivity contribution in [1.29, 1.82) is 0 Å². The Labute approximate surface area is 122 Å². The zero-order valence-electron chi connectivity index (χ0n) is 13.1. The van der Waals surface area contributed by atoms with Crippen molar-refractivity contribution >= 4 is 0 Å². The number of hydrogen-bond donors (Lipinski definition) is 1. The van der Waals surface area contributed by atoms with Crippen LogP contribution in [0.25, 0.3) is 0 Å². The van der Waals surface area contributed by atoms with Crippen LogP contribution in [0.2, 0.25) is 0 Å². The molecule has 3 unspecified atom stereocenters. The van der Waals surface area contributed by atoms with Crippen LogP contribution in [-0.2, 0) is 4.74 Å². The molecule has 110 valence electrons. The number of fused-ring (bicyclic) bond motifs is 1. The molecular formula is C18H27NO. The Morgan fingerprint density at radius 1 is 1.25 bits per heavy atom. The molecule has 1 saturated carbocycles. The Bertz CT molecular complexity index is 465. The zero-order valence-corrected chi connectivity index (χ0v) is 13.1. The molecule has 2 nitrogen and oxygen atoms in total. The molecule has 2 heteroatoms. The maximum absolute atomic E-state index is 5.99. The highest BCUT2D eigenvalue weighted by atomic mass is 16.5. The number of hydrogen-bond acceptors (Lipinski definition) is 2. The Morgan fingerprint density at radius 2 is 1.95 bits per heavy atom. The van der Waals surface area contributed by atoms with Crippen LogP contribution in [0.4, 0.5) is 0 Å². The normalized spacial score (nSPS) is 33.1. The summed E-state index contributed by atoms with van der Waals surface area (Å²) in [6.07, 6.45) is 2.99. The first kappa shape index (κ1) is 14.1. The lowest BCUT2D eigenvalue weighted by Crippen LogP contribution is -2.69. The van der Waals surface area contributed by atoms with Crippen LogP contribution >= 0.6 is 0 Å². The van der Waals surface area contributed by atoms with Gasteiger partial charge in [0.25, 0.3) is 0 Å². The fourth-order valence-electron chi connectivity index (χ4n) is 4.08. The molecule has 1 aromatic carbocycles. The van der Waals surface area contributed by atoms with Gasteiger partial charge in [0.05, 0.1) is 6.10 Å². The molecule has 0 spiro atoms. The largest absolute Gasteiger partial charge is 0.377 e. The molecule has 0 aromatic heterocycles. The van der Waals surface area contributed by atoms with Gasteiger partial charge in [0, 0.05) is 30.0 Å². The van der Waals surface area contributed by atoms with Crippen molar-refractivity contribution in [1.82, 2.24) is 5.32 Å². The molecule has 20 heavy (non-hydrogen) atoms. The Kier molecular flexibility index (Phi) is 3.64. The van der Waals surface area contributed by atoms with Crippen molar-refractivity contribution in [3.8, 4) is 0 Å². The van der Waals surface area contributed by atoms with Gasteiger partial charge in [-0.3, -0.25) is 0 Å². The molecule has 1 aliphatic heterocycles. The van der Waals surface area contributed by atoms with Gasteiger partial charge >= 0.3 is 0 Å². The van der Waals surface area contributed by atoms with Crippen LogP contribution in [-0.4, -0.2) is 18.8 Å². The summed E-state index contributed by atoms with van der Waals surface area (Å²) in [5, 5.41) is 3.86. The highest BCUT2D eigenvalue weighted by molar-refractivity contribution is 5.24. The zero-order chi connectivity index (χ0) is 14.3. The van der Waals surface area contributed by atoms with Gasteiger partial charge in [0.1, 0.15) is 0 Å². The van der Waals surface area contributed by atoms with Crippen molar-refractivity contribution in [2.75, 3.05) is 6.61 Å². The lowest BCUT2D eigenvalue weighted by Gasteiger charge is -2.60. The van der Waals surface area contributed by atoms with Crippen LogP contribution in [0.15, 0.2) is 24.3 Å². The second-order valence-electron chi connectivity index (χ2n) is 7.20. The maximum Gasteiger partial charge on any atom is 0.0684 e. The number of aryl methyl sites for hydroxylation is 1. The Hall–Kier alpha value is -0.860. The molecule has 0 amide bonds. The number of rotatable bonds is 3. The summed E-state index contributed by atoms with van der Waals surface area (Å²) in [7, 11) is 0. The monoisotopic (exact) mass is 273 g/mol. The van der Waals surface area contributed by atoms with E-state index in [0.717, 1.165) is 6.61 Å². The van der Waals surface area contributed by atoms with Crippen LogP contribution in [0, 0.1) is 18.3 Å². The van der Waals surface area contributed by atoms with Gasteiger partial charge in [-0.1, -0.05) is 43.7 Å². The van der Waals surface area contributed by atoms with E-state index < -0.39 is 0 Å². The van der Waals surface area contributed by atoms with E-state index in [1.54, 1.807) is 0 Å². The minimum Gasteiger partial charge on any atom is -0.377 e. The average Bonchev–Trinajstić information content (AvgIpc) is 2.45. The first-order chi connectivity index (χ1) is 9.50. The summed E-state index contributed by atoms with van der Waals surface area (Å²) < 4.78 is 5.99. The highest BCUT2D eigenvalue weighted by Gasteiger charge is 2.57. The summed E-state index contributed by atoms with van der Waals surface area (Å²) >= 11 is 0. The van der Waals surface area contributed by atoms with Gasteiger partial charge in [-0.2, -0.15) is 0 Å². The molecule has 0 bridgehead atoms. The number of nitrogens with one attached hydrogen (secondary N) is 1. The van der Waals surface area contributed by atoms with Crippen molar-refractivity contribution in [3.05, 3.63) is 35.4 Å².